The Morgan fingerprint density at radius 2 is 1.90 bits per heavy atom. The average molecular weight is 334 g/mol. The summed E-state index contributed by atoms with van der Waals surface area (Å²) in [5.41, 5.74) is 10.5. The van der Waals surface area contributed by atoms with E-state index < -0.39 is 0 Å². The Hall–Kier alpha value is -1.32. The lowest BCUT2D eigenvalue weighted by molar-refractivity contribution is 0.303. The Labute approximate surface area is 129 Å². The van der Waals surface area contributed by atoms with Gasteiger partial charge in [0.15, 0.2) is 0 Å². The molecule has 2 aromatic carbocycles. The van der Waals surface area contributed by atoms with Crippen molar-refractivity contribution in [1.29, 1.82) is 0 Å². The van der Waals surface area contributed by atoms with E-state index in [0.717, 1.165) is 16.6 Å². The number of rotatable bonds is 5. The van der Waals surface area contributed by atoms with Crippen LogP contribution in [0.25, 0.3) is 0 Å². The Morgan fingerprint density at radius 3 is 2.60 bits per heavy atom. The second-order valence-corrected chi connectivity index (χ2v) is 5.88. The van der Waals surface area contributed by atoms with Crippen LogP contribution in [0.15, 0.2) is 40.9 Å². The third-order valence-corrected chi connectivity index (χ3v) is 3.94. The van der Waals surface area contributed by atoms with E-state index in [1.54, 1.807) is 0 Å². The molecule has 0 aliphatic heterocycles. The molecule has 0 amide bonds. The lowest BCUT2D eigenvalue weighted by atomic mass is 10.1. The lowest BCUT2D eigenvalue weighted by Crippen LogP contribution is -2.03. The zero-order valence-corrected chi connectivity index (χ0v) is 13.5. The molecule has 0 radical (unpaired) electrons. The molecule has 106 valence electrons. The van der Waals surface area contributed by atoms with E-state index in [0.29, 0.717) is 13.2 Å². The second kappa shape index (κ2) is 6.91. The molecule has 0 spiro atoms. The summed E-state index contributed by atoms with van der Waals surface area (Å²) in [5, 5.41) is 0. The maximum absolute atomic E-state index is 5.91. The van der Waals surface area contributed by atoms with E-state index in [4.69, 9.17) is 10.5 Å². The fourth-order valence-electron chi connectivity index (χ4n) is 2.09. The van der Waals surface area contributed by atoms with Gasteiger partial charge in [-0.3, -0.25) is 0 Å². The van der Waals surface area contributed by atoms with Crippen LogP contribution in [-0.4, -0.2) is 6.54 Å². The van der Waals surface area contributed by atoms with Gasteiger partial charge in [-0.05, 0) is 71.6 Å². The van der Waals surface area contributed by atoms with Gasteiger partial charge in [0, 0.05) is 0 Å². The van der Waals surface area contributed by atoms with E-state index in [1.165, 1.54) is 22.3 Å². The molecule has 0 saturated carbocycles. The highest BCUT2D eigenvalue weighted by Crippen LogP contribution is 2.27. The molecule has 2 rings (SSSR count). The summed E-state index contributed by atoms with van der Waals surface area (Å²) in [4.78, 5) is 0. The summed E-state index contributed by atoms with van der Waals surface area (Å²) in [6.07, 6.45) is 0.885. The van der Waals surface area contributed by atoms with Crippen LogP contribution in [0.1, 0.15) is 22.3 Å². The van der Waals surface area contributed by atoms with Crippen LogP contribution in [0.3, 0.4) is 0 Å². The molecule has 0 bridgehead atoms. The molecule has 0 atom stereocenters. The zero-order chi connectivity index (χ0) is 14.5. The largest absolute Gasteiger partial charge is 0.488 e. The quantitative estimate of drug-likeness (QED) is 0.892. The monoisotopic (exact) mass is 333 g/mol. The van der Waals surface area contributed by atoms with Crippen LogP contribution in [-0.2, 0) is 13.0 Å². The highest BCUT2D eigenvalue weighted by molar-refractivity contribution is 9.10. The number of benzene rings is 2. The first kappa shape index (κ1) is 15.1. The first-order chi connectivity index (χ1) is 9.60. The molecule has 3 heteroatoms. The molecule has 0 aliphatic carbocycles. The van der Waals surface area contributed by atoms with Gasteiger partial charge in [-0.25, -0.2) is 0 Å². The predicted octanol–water partition coefficient (Wildman–Crippen LogP) is 4.15. The second-order valence-electron chi connectivity index (χ2n) is 5.02. The van der Waals surface area contributed by atoms with E-state index in [-0.39, 0.29) is 0 Å². The van der Waals surface area contributed by atoms with Crippen LogP contribution >= 0.6 is 15.9 Å². The van der Waals surface area contributed by atoms with Crippen molar-refractivity contribution in [2.75, 3.05) is 6.54 Å². The lowest BCUT2D eigenvalue weighted by Gasteiger charge is -2.12. The van der Waals surface area contributed by atoms with Gasteiger partial charge < -0.3 is 10.5 Å². The zero-order valence-electron chi connectivity index (χ0n) is 11.9. The van der Waals surface area contributed by atoms with Crippen LogP contribution in [0.4, 0.5) is 0 Å². The van der Waals surface area contributed by atoms with Crippen molar-refractivity contribution in [2.24, 2.45) is 5.73 Å². The molecular weight excluding hydrogens is 314 g/mol. The predicted molar refractivity (Wildman–Crippen MR) is 87.1 cm³/mol. The highest BCUT2D eigenvalue weighted by atomic mass is 79.9. The Bertz CT molecular complexity index is 596. The summed E-state index contributed by atoms with van der Waals surface area (Å²) in [6, 6.07) is 12.6. The third kappa shape index (κ3) is 3.84. The normalized spacial score (nSPS) is 10.6. The van der Waals surface area contributed by atoms with Gasteiger partial charge in [-0.15, -0.1) is 0 Å². The van der Waals surface area contributed by atoms with Crippen molar-refractivity contribution in [3.8, 4) is 5.75 Å². The maximum Gasteiger partial charge on any atom is 0.134 e. The minimum absolute atomic E-state index is 0.586. The van der Waals surface area contributed by atoms with Crippen molar-refractivity contribution in [3.05, 3.63) is 63.1 Å². The first-order valence-electron chi connectivity index (χ1n) is 6.77. The molecule has 2 aromatic rings. The van der Waals surface area contributed by atoms with Crippen molar-refractivity contribution >= 4 is 15.9 Å². The van der Waals surface area contributed by atoms with Crippen LogP contribution in [0, 0.1) is 13.8 Å². The molecule has 2 nitrogen and oxygen atoms in total. The van der Waals surface area contributed by atoms with E-state index in [2.05, 4.69) is 60.1 Å². The minimum Gasteiger partial charge on any atom is -0.488 e. The molecule has 0 heterocycles. The van der Waals surface area contributed by atoms with Gasteiger partial charge in [0.2, 0.25) is 0 Å². The smallest absolute Gasteiger partial charge is 0.134 e. The fourth-order valence-corrected chi connectivity index (χ4v) is 2.64. The van der Waals surface area contributed by atoms with E-state index in [1.807, 2.05) is 6.07 Å². The minimum atomic E-state index is 0.586. The molecular formula is C17H20BrNO. The summed E-state index contributed by atoms with van der Waals surface area (Å²) in [6.45, 7) is 5.45. The van der Waals surface area contributed by atoms with Gasteiger partial charge >= 0.3 is 0 Å². The number of aryl methyl sites for hydroxylation is 2. The number of hydrogen-bond acceptors (Lipinski definition) is 2. The summed E-state index contributed by atoms with van der Waals surface area (Å²) in [5.74, 6) is 0.867. The Morgan fingerprint density at radius 1 is 1.10 bits per heavy atom. The summed E-state index contributed by atoms with van der Waals surface area (Å²) < 4.78 is 6.89. The number of ether oxygens (including phenoxy) is 1. The summed E-state index contributed by atoms with van der Waals surface area (Å²) in [7, 11) is 0. The Kier molecular flexibility index (Phi) is 5.21. The fraction of sp³-hybridized carbons (Fsp3) is 0.294. The molecule has 0 aromatic heterocycles. The van der Waals surface area contributed by atoms with Crippen molar-refractivity contribution in [2.45, 2.75) is 26.9 Å². The highest BCUT2D eigenvalue weighted by Gasteiger charge is 2.05. The van der Waals surface area contributed by atoms with Crippen molar-refractivity contribution in [1.82, 2.24) is 0 Å². The molecule has 2 N–H and O–H groups in total. The van der Waals surface area contributed by atoms with Crippen LogP contribution in [0.5, 0.6) is 5.75 Å². The Balaban J connectivity index is 2.09. The summed E-state index contributed by atoms with van der Waals surface area (Å²) >= 11 is 3.56. The standard InChI is InChI=1S/C17H20BrNO/c1-12-3-4-13(2)15(9-12)11-20-17-6-5-14(7-8-19)10-16(17)18/h3-6,9-10H,7-8,11,19H2,1-2H3. The van der Waals surface area contributed by atoms with Crippen molar-refractivity contribution in [3.63, 3.8) is 0 Å². The van der Waals surface area contributed by atoms with E-state index >= 15 is 0 Å². The first-order valence-corrected chi connectivity index (χ1v) is 7.57. The van der Waals surface area contributed by atoms with Gasteiger partial charge in [0.05, 0.1) is 4.47 Å². The number of nitrogens with two attached hydrogens (primary N) is 1. The SMILES string of the molecule is Cc1ccc(C)c(COc2ccc(CCN)cc2Br)c1. The average Bonchev–Trinajstić information content (AvgIpc) is 2.42. The van der Waals surface area contributed by atoms with Crippen LogP contribution < -0.4 is 10.5 Å². The molecule has 0 saturated heterocycles. The van der Waals surface area contributed by atoms with Gasteiger partial charge in [0.25, 0.3) is 0 Å². The van der Waals surface area contributed by atoms with Crippen LogP contribution in [0.2, 0.25) is 0 Å². The van der Waals surface area contributed by atoms with Crippen molar-refractivity contribution < 1.29 is 4.74 Å². The molecule has 20 heavy (non-hydrogen) atoms. The van der Waals surface area contributed by atoms with Gasteiger partial charge in [0.1, 0.15) is 12.4 Å². The molecule has 0 fully saturated rings. The molecule has 0 aliphatic rings. The van der Waals surface area contributed by atoms with E-state index in [9.17, 15) is 0 Å². The third-order valence-electron chi connectivity index (χ3n) is 3.32. The maximum atomic E-state index is 5.91. The topological polar surface area (TPSA) is 35.2 Å². The van der Waals surface area contributed by atoms with Gasteiger partial charge in [-0.2, -0.15) is 0 Å². The number of hydrogen-bond donors (Lipinski definition) is 1. The van der Waals surface area contributed by atoms with Gasteiger partial charge in [-0.1, -0.05) is 29.8 Å². The molecule has 0 unspecified atom stereocenters. The number of halogens is 1.